The largest absolute Gasteiger partial charge is 0.299 e. The summed E-state index contributed by atoms with van der Waals surface area (Å²) in [5.41, 5.74) is 0.483. The van der Waals surface area contributed by atoms with E-state index in [-0.39, 0.29) is 5.41 Å². The summed E-state index contributed by atoms with van der Waals surface area (Å²) in [5, 5.41) is 0. The van der Waals surface area contributed by atoms with Crippen LogP contribution in [-0.4, -0.2) is 5.78 Å². The fraction of sp³-hybridized carbons (Fsp3) is 0.929. The molecule has 3 fully saturated rings. The van der Waals surface area contributed by atoms with Crippen molar-refractivity contribution in [3.63, 3.8) is 0 Å². The lowest BCUT2D eigenvalue weighted by Crippen LogP contribution is -2.33. The summed E-state index contributed by atoms with van der Waals surface area (Å²) in [4.78, 5) is 12.4. The summed E-state index contributed by atoms with van der Waals surface area (Å²) in [6.45, 7) is 7.05. The quantitative estimate of drug-likeness (QED) is 0.593. The van der Waals surface area contributed by atoms with Crippen LogP contribution in [0.2, 0.25) is 0 Å². The predicted octanol–water partition coefficient (Wildman–Crippen LogP) is 3.43. The van der Waals surface area contributed by atoms with Gasteiger partial charge in [-0.25, -0.2) is 0 Å². The van der Waals surface area contributed by atoms with Crippen LogP contribution in [0.25, 0.3) is 0 Å². The number of carbonyl (C=O) groups is 1. The molecule has 0 spiro atoms. The number of Topliss-reactive ketones (excluding diaryl/α,β-unsaturated/α-hetero) is 1. The zero-order valence-corrected chi connectivity index (χ0v) is 10.2. The van der Waals surface area contributed by atoms with Gasteiger partial charge in [0.15, 0.2) is 0 Å². The van der Waals surface area contributed by atoms with Gasteiger partial charge in [0.2, 0.25) is 0 Å². The zero-order chi connectivity index (χ0) is 10.8. The van der Waals surface area contributed by atoms with Crippen LogP contribution in [0.1, 0.15) is 52.9 Å². The third-order valence-electron chi connectivity index (χ3n) is 5.79. The van der Waals surface area contributed by atoms with Crippen molar-refractivity contribution in [2.45, 2.75) is 52.9 Å². The molecule has 1 heteroatoms. The van der Waals surface area contributed by atoms with Gasteiger partial charge >= 0.3 is 0 Å². The van der Waals surface area contributed by atoms with E-state index < -0.39 is 0 Å². The molecule has 0 radical (unpaired) electrons. The molecule has 3 aliphatic carbocycles. The normalized spacial score (nSPS) is 51.9. The SMILES string of the molecule is CC1(C)CCC[C@@]2(C)C(=O)[C@@H]3CC[C@H]2[C@@H]31. The van der Waals surface area contributed by atoms with Crippen LogP contribution in [-0.2, 0) is 4.79 Å². The highest BCUT2D eigenvalue weighted by atomic mass is 16.1. The van der Waals surface area contributed by atoms with E-state index in [9.17, 15) is 4.79 Å². The summed E-state index contributed by atoms with van der Waals surface area (Å²) in [6, 6.07) is 0. The highest BCUT2D eigenvalue weighted by Crippen LogP contribution is 2.66. The molecule has 3 rings (SSSR count). The molecule has 15 heavy (non-hydrogen) atoms. The molecule has 0 heterocycles. The highest BCUT2D eigenvalue weighted by molar-refractivity contribution is 5.91. The first-order chi connectivity index (χ1) is 6.97. The van der Waals surface area contributed by atoms with Crippen molar-refractivity contribution in [1.29, 1.82) is 0 Å². The minimum Gasteiger partial charge on any atom is -0.299 e. The Labute approximate surface area is 92.6 Å². The van der Waals surface area contributed by atoms with E-state index in [2.05, 4.69) is 20.8 Å². The molecule has 1 nitrogen and oxygen atoms in total. The minimum atomic E-state index is 0.0708. The smallest absolute Gasteiger partial charge is 0.142 e. The van der Waals surface area contributed by atoms with Gasteiger partial charge in [-0.3, -0.25) is 4.79 Å². The van der Waals surface area contributed by atoms with E-state index in [4.69, 9.17) is 0 Å². The Bertz CT molecular complexity index is 317. The van der Waals surface area contributed by atoms with E-state index in [1.807, 2.05) is 0 Å². The topological polar surface area (TPSA) is 17.1 Å². The zero-order valence-electron chi connectivity index (χ0n) is 10.2. The lowest BCUT2D eigenvalue weighted by molar-refractivity contribution is -0.132. The Morgan fingerprint density at radius 1 is 1.13 bits per heavy atom. The van der Waals surface area contributed by atoms with Gasteiger partial charge in [0.1, 0.15) is 5.78 Å². The van der Waals surface area contributed by atoms with Crippen LogP contribution in [0, 0.1) is 28.6 Å². The molecule has 0 aromatic rings. The Kier molecular flexibility index (Phi) is 1.76. The van der Waals surface area contributed by atoms with Gasteiger partial charge in [-0.15, -0.1) is 0 Å². The van der Waals surface area contributed by atoms with Crippen LogP contribution < -0.4 is 0 Å². The summed E-state index contributed by atoms with van der Waals surface area (Å²) in [6.07, 6.45) is 6.25. The Hall–Kier alpha value is -0.330. The number of hydrogen-bond acceptors (Lipinski definition) is 1. The van der Waals surface area contributed by atoms with E-state index in [0.717, 1.165) is 6.42 Å². The number of carbonyl (C=O) groups excluding carboxylic acids is 1. The minimum absolute atomic E-state index is 0.0708. The number of hydrogen-bond donors (Lipinski definition) is 0. The van der Waals surface area contributed by atoms with Crippen molar-refractivity contribution in [2.75, 3.05) is 0 Å². The average Bonchev–Trinajstić information content (AvgIpc) is 2.63. The third-order valence-corrected chi connectivity index (χ3v) is 5.79. The molecular weight excluding hydrogens is 184 g/mol. The lowest BCUT2D eigenvalue weighted by Gasteiger charge is -2.33. The van der Waals surface area contributed by atoms with Crippen LogP contribution in [0.3, 0.4) is 0 Å². The Balaban J connectivity index is 2.10. The molecule has 3 saturated carbocycles. The molecule has 0 aromatic heterocycles. The monoisotopic (exact) mass is 206 g/mol. The second-order valence-corrected chi connectivity index (χ2v) is 6.94. The summed E-state index contributed by atoms with van der Waals surface area (Å²) in [7, 11) is 0. The third kappa shape index (κ3) is 1.02. The van der Waals surface area contributed by atoms with Gasteiger partial charge < -0.3 is 0 Å². The van der Waals surface area contributed by atoms with Crippen LogP contribution in [0.5, 0.6) is 0 Å². The molecule has 3 aliphatic rings. The van der Waals surface area contributed by atoms with Gasteiger partial charge in [-0.2, -0.15) is 0 Å². The lowest BCUT2D eigenvalue weighted by atomic mass is 9.70. The van der Waals surface area contributed by atoms with E-state index in [1.165, 1.54) is 25.7 Å². The fourth-order valence-corrected chi connectivity index (χ4v) is 5.09. The van der Waals surface area contributed by atoms with Gasteiger partial charge in [-0.1, -0.05) is 27.2 Å². The highest BCUT2D eigenvalue weighted by Gasteiger charge is 2.64. The van der Waals surface area contributed by atoms with Crippen LogP contribution >= 0.6 is 0 Å². The molecule has 0 saturated heterocycles. The number of rotatable bonds is 0. The predicted molar refractivity (Wildman–Crippen MR) is 60.5 cm³/mol. The standard InChI is InChI=1S/C14H22O/c1-13(2)7-4-8-14(3)10-6-5-9(11(10)13)12(14)15/h9-11H,4-8H2,1-3H3/t9-,10+,11-,14-/m1/s1. The molecule has 0 amide bonds. The van der Waals surface area contributed by atoms with Gasteiger partial charge in [0.05, 0.1) is 0 Å². The molecule has 0 N–H and O–H groups in total. The fourth-order valence-electron chi connectivity index (χ4n) is 5.09. The first-order valence-electron chi connectivity index (χ1n) is 6.51. The molecule has 84 valence electrons. The van der Waals surface area contributed by atoms with Crippen molar-refractivity contribution in [3.8, 4) is 0 Å². The van der Waals surface area contributed by atoms with Crippen molar-refractivity contribution in [3.05, 3.63) is 0 Å². The molecule has 0 unspecified atom stereocenters. The van der Waals surface area contributed by atoms with Crippen molar-refractivity contribution < 1.29 is 4.79 Å². The van der Waals surface area contributed by atoms with E-state index in [0.29, 0.717) is 29.0 Å². The van der Waals surface area contributed by atoms with E-state index in [1.54, 1.807) is 0 Å². The summed E-state index contributed by atoms with van der Waals surface area (Å²) < 4.78 is 0. The Morgan fingerprint density at radius 2 is 1.87 bits per heavy atom. The van der Waals surface area contributed by atoms with Gasteiger partial charge in [-0.05, 0) is 42.9 Å². The van der Waals surface area contributed by atoms with Crippen molar-refractivity contribution in [1.82, 2.24) is 0 Å². The molecule has 0 aliphatic heterocycles. The van der Waals surface area contributed by atoms with Gasteiger partial charge in [0, 0.05) is 11.3 Å². The van der Waals surface area contributed by atoms with Gasteiger partial charge in [0.25, 0.3) is 0 Å². The van der Waals surface area contributed by atoms with Crippen molar-refractivity contribution >= 4 is 5.78 Å². The molecule has 4 atom stereocenters. The molecule has 4 bridgehead atoms. The maximum Gasteiger partial charge on any atom is 0.142 e. The van der Waals surface area contributed by atoms with Crippen molar-refractivity contribution in [2.24, 2.45) is 28.6 Å². The maximum absolute atomic E-state index is 12.4. The molecular formula is C14H22O. The Morgan fingerprint density at radius 3 is 2.60 bits per heavy atom. The molecule has 0 aromatic carbocycles. The summed E-state index contributed by atoms with van der Waals surface area (Å²) in [5.74, 6) is 2.47. The second kappa shape index (κ2) is 2.67. The first kappa shape index (κ1) is 9.86. The average molecular weight is 206 g/mol. The van der Waals surface area contributed by atoms with Crippen LogP contribution in [0.4, 0.5) is 0 Å². The summed E-state index contributed by atoms with van der Waals surface area (Å²) >= 11 is 0. The van der Waals surface area contributed by atoms with Crippen LogP contribution in [0.15, 0.2) is 0 Å². The second-order valence-electron chi connectivity index (χ2n) is 6.94. The van der Waals surface area contributed by atoms with E-state index >= 15 is 0 Å². The first-order valence-corrected chi connectivity index (χ1v) is 6.51. The maximum atomic E-state index is 12.4. The number of ketones is 1.